The van der Waals surface area contributed by atoms with Crippen LogP contribution in [0.4, 0.5) is 11.4 Å². The molecule has 3 aromatic rings. The summed E-state index contributed by atoms with van der Waals surface area (Å²) in [5.74, 6) is 0.643. The van der Waals surface area contributed by atoms with Gasteiger partial charge in [0.2, 0.25) is 0 Å². The number of carbonyl (C=O) groups excluding carboxylic acids is 1. The Balaban J connectivity index is 1.72. The van der Waals surface area contributed by atoms with E-state index in [4.69, 9.17) is 0 Å². The van der Waals surface area contributed by atoms with E-state index in [1.54, 1.807) is 66.4 Å². The maximum atomic E-state index is 12.4. The van der Waals surface area contributed by atoms with Crippen molar-refractivity contribution in [2.45, 2.75) is 10.6 Å². The molecule has 0 heterocycles. The number of hydrogen-bond donors (Lipinski definition) is 2. The minimum atomic E-state index is -3.69. The van der Waals surface area contributed by atoms with E-state index >= 15 is 0 Å². The number of thioether (sulfide) groups is 1. The molecule has 3 aromatic carbocycles. The van der Waals surface area contributed by atoms with E-state index in [0.29, 0.717) is 16.9 Å². The van der Waals surface area contributed by atoms with Crippen molar-refractivity contribution in [3.63, 3.8) is 0 Å². The molecule has 0 radical (unpaired) electrons. The third kappa shape index (κ3) is 5.15. The predicted molar refractivity (Wildman–Crippen MR) is 115 cm³/mol. The maximum Gasteiger partial charge on any atom is 0.261 e. The molecule has 5 nitrogen and oxygen atoms in total. The molecule has 0 unspecified atom stereocenters. The van der Waals surface area contributed by atoms with Crippen molar-refractivity contribution < 1.29 is 13.2 Å². The number of nitrogens with one attached hydrogen (secondary N) is 2. The van der Waals surface area contributed by atoms with Gasteiger partial charge in [0.15, 0.2) is 0 Å². The van der Waals surface area contributed by atoms with Gasteiger partial charge in [0, 0.05) is 17.0 Å². The molecule has 0 aliphatic rings. The van der Waals surface area contributed by atoms with Crippen molar-refractivity contribution in [2.75, 3.05) is 16.3 Å². The van der Waals surface area contributed by atoms with Crippen LogP contribution in [-0.4, -0.2) is 20.6 Å². The number of rotatable bonds is 7. The SMILES string of the molecule is CSCc1ccc(C(=O)Nc2cccc(NS(=O)(=O)c3ccccc3)c2)cc1. The first-order valence-electron chi connectivity index (χ1n) is 8.55. The van der Waals surface area contributed by atoms with Crippen molar-refractivity contribution in [1.29, 1.82) is 0 Å². The minimum absolute atomic E-state index is 0.176. The normalized spacial score (nSPS) is 11.0. The third-order valence-electron chi connectivity index (χ3n) is 3.95. The zero-order valence-electron chi connectivity index (χ0n) is 15.3. The average Bonchev–Trinajstić information content (AvgIpc) is 2.69. The number of hydrogen-bond acceptors (Lipinski definition) is 4. The first kappa shape index (κ1) is 20.0. The van der Waals surface area contributed by atoms with Gasteiger partial charge in [-0.15, -0.1) is 0 Å². The lowest BCUT2D eigenvalue weighted by Crippen LogP contribution is -2.14. The fourth-order valence-electron chi connectivity index (χ4n) is 2.60. The highest BCUT2D eigenvalue weighted by Gasteiger charge is 2.14. The van der Waals surface area contributed by atoms with E-state index < -0.39 is 10.0 Å². The second-order valence-electron chi connectivity index (χ2n) is 6.08. The van der Waals surface area contributed by atoms with Gasteiger partial charge in [-0.2, -0.15) is 11.8 Å². The lowest BCUT2D eigenvalue weighted by atomic mass is 10.1. The molecule has 0 bridgehead atoms. The number of carbonyl (C=O) groups is 1. The molecular formula is C21H20N2O3S2. The molecule has 0 atom stereocenters. The van der Waals surface area contributed by atoms with Crippen LogP contribution in [0.5, 0.6) is 0 Å². The lowest BCUT2D eigenvalue weighted by molar-refractivity contribution is 0.102. The topological polar surface area (TPSA) is 75.3 Å². The van der Waals surface area contributed by atoms with E-state index in [-0.39, 0.29) is 10.8 Å². The van der Waals surface area contributed by atoms with Crippen LogP contribution in [0.15, 0.2) is 83.8 Å². The van der Waals surface area contributed by atoms with Crippen LogP contribution in [0.3, 0.4) is 0 Å². The van der Waals surface area contributed by atoms with Crippen LogP contribution in [0.1, 0.15) is 15.9 Å². The fourth-order valence-corrected chi connectivity index (χ4v) is 4.19. The van der Waals surface area contributed by atoms with Gasteiger partial charge in [-0.1, -0.05) is 36.4 Å². The number of amides is 1. The smallest absolute Gasteiger partial charge is 0.261 e. The largest absolute Gasteiger partial charge is 0.322 e. The van der Waals surface area contributed by atoms with E-state index in [0.717, 1.165) is 11.3 Å². The molecule has 0 aliphatic carbocycles. The summed E-state index contributed by atoms with van der Waals surface area (Å²) in [6.45, 7) is 0. The zero-order chi connectivity index (χ0) is 20.0. The molecule has 0 aromatic heterocycles. The van der Waals surface area contributed by atoms with E-state index in [1.807, 2.05) is 18.4 Å². The molecule has 144 valence electrons. The Hall–Kier alpha value is -2.77. The summed E-state index contributed by atoms with van der Waals surface area (Å²) >= 11 is 1.72. The molecule has 2 N–H and O–H groups in total. The van der Waals surface area contributed by atoms with Crippen molar-refractivity contribution in [2.24, 2.45) is 0 Å². The number of anilines is 2. The van der Waals surface area contributed by atoms with Gasteiger partial charge in [-0.25, -0.2) is 8.42 Å². The van der Waals surface area contributed by atoms with Gasteiger partial charge in [-0.05, 0) is 54.3 Å². The summed E-state index contributed by atoms with van der Waals surface area (Å²) in [6, 6.07) is 22.1. The van der Waals surface area contributed by atoms with Gasteiger partial charge in [0.25, 0.3) is 15.9 Å². The molecule has 0 aliphatic heterocycles. The molecule has 3 rings (SSSR count). The number of sulfonamides is 1. The summed E-state index contributed by atoms with van der Waals surface area (Å²) in [5.41, 5.74) is 2.57. The summed E-state index contributed by atoms with van der Waals surface area (Å²) in [4.78, 5) is 12.6. The second-order valence-corrected chi connectivity index (χ2v) is 8.63. The van der Waals surface area contributed by atoms with Crippen molar-refractivity contribution >= 4 is 39.1 Å². The number of benzene rings is 3. The van der Waals surface area contributed by atoms with Gasteiger partial charge in [0.05, 0.1) is 10.6 Å². The lowest BCUT2D eigenvalue weighted by Gasteiger charge is -2.10. The van der Waals surface area contributed by atoms with Crippen LogP contribution in [0.2, 0.25) is 0 Å². The standard InChI is InChI=1S/C21H20N2O3S2/c1-27-15-16-10-12-17(13-11-16)21(24)22-18-6-5-7-19(14-18)23-28(25,26)20-8-3-2-4-9-20/h2-14,23H,15H2,1H3,(H,22,24). The molecule has 1 amide bonds. The van der Waals surface area contributed by atoms with Gasteiger partial charge in [0.1, 0.15) is 0 Å². The van der Waals surface area contributed by atoms with Crippen LogP contribution >= 0.6 is 11.8 Å². The summed E-state index contributed by atoms with van der Waals surface area (Å²) in [6.07, 6.45) is 2.03. The highest BCUT2D eigenvalue weighted by Crippen LogP contribution is 2.20. The van der Waals surface area contributed by atoms with Gasteiger partial charge >= 0.3 is 0 Å². The van der Waals surface area contributed by atoms with E-state index in [2.05, 4.69) is 10.0 Å². The third-order valence-corrected chi connectivity index (χ3v) is 5.97. The Morgan fingerprint density at radius 2 is 1.57 bits per heavy atom. The van der Waals surface area contributed by atoms with Crippen molar-refractivity contribution in [1.82, 2.24) is 0 Å². The predicted octanol–water partition coefficient (Wildman–Crippen LogP) is 4.60. The monoisotopic (exact) mass is 412 g/mol. The average molecular weight is 413 g/mol. The van der Waals surface area contributed by atoms with Gasteiger partial charge < -0.3 is 5.32 Å². The fraction of sp³-hybridized carbons (Fsp3) is 0.0952. The Morgan fingerprint density at radius 3 is 2.25 bits per heavy atom. The van der Waals surface area contributed by atoms with Crippen molar-refractivity contribution in [3.8, 4) is 0 Å². The molecule has 7 heteroatoms. The van der Waals surface area contributed by atoms with Crippen LogP contribution in [0, 0.1) is 0 Å². The first-order valence-corrected chi connectivity index (χ1v) is 11.4. The Labute approximate surface area is 169 Å². The summed E-state index contributed by atoms with van der Waals surface area (Å²) in [5, 5.41) is 2.80. The van der Waals surface area contributed by atoms with Crippen molar-refractivity contribution in [3.05, 3.63) is 90.0 Å². The Morgan fingerprint density at radius 1 is 0.893 bits per heavy atom. The quantitative estimate of drug-likeness (QED) is 0.595. The molecule has 0 saturated heterocycles. The molecule has 0 spiro atoms. The summed E-state index contributed by atoms with van der Waals surface area (Å²) in [7, 11) is -3.69. The highest BCUT2D eigenvalue weighted by molar-refractivity contribution is 7.97. The van der Waals surface area contributed by atoms with Crippen LogP contribution in [-0.2, 0) is 15.8 Å². The van der Waals surface area contributed by atoms with E-state index in [9.17, 15) is 13.2 Å². The van der Waals surface area contributed by atoms with Crippen LogP contribution < -0.4 is 10.0 Å². The van der Waals surface area contributed by atoms with Crippen LogP contribution in [0.25, 0.3) is 0 Å². The first-order chi connectivity index (χ1) is 13.5. The molecular weight excluding hydrogens is 392 g/mol. The Kier molecular flexibility index (Phi) is 6.38. The molecule has 0 fully saturated rings. The maximum absolute atomic E-state index is 12.4. The minimum Gasteiger partial charge on any atom is -0.322 e. The Bertz CT molecular complexity index is 1050. The van der Waals surface area contributed by atoms with Gasteiger partial charge in [-0.3, -0.25) is 9.52 Å². The van der Waals surface area contributed by atoms with E-state index in [1.165, 1.54) is 12.1 Å². The highest BCUT2D eigenvalue weighted by atomic mass is 32.2. The summed E-state index contributed by atoms with van der Waals surface area (Å²) < 4.78 is 27.4. The molecule has 0 saturated carbocycles. The second kappa shape index (κ2) is 8.95. The molecule has 28 heavy (non-hydrogen) atoms. The zero-order valence-corrected chi connectivity index (χ0v) is 16.9.